The number of ether oxygens (including phenoxy) is 1. The zero-order valence-corrected chi connectivity index (χ0v) is 9.55. The third kappa shape index (κ3) is 5.04. The van der Waals surface area contributed by atoms with Crippen LogP contribution in [0.15, 0.2) is 12.1 Å². The Morgan fingerprint density at radius 3 is 2.59 bits per heavy atom. The monoisotopic (exact) mass is 248 g/mol. The van der Waals surface area contributed by atoms with Gasteiger partial charge in [0.2, 0.25) is 5.88 Å². The van der Waals surface area contributed by atoms with Gasteiger partial charge in [0.05, 0.1) is 6.61 Å². The first-order valence-corrected chi connectivity index (χ1v) is 5.28. The Morgan fingerprint density at radius 1 is 1.35 bits per heavy atom. The van der Waals surface area contributed by atoms with Crippen LogP contribution in [0, 0.1) is 6.92 Å². The Hall–Kier alpha value is -1.30. The van der Waals surface area contributed by atoms with Crippen molar-refractivity contribution in [1.82, 2.24) is 4.98 Å². The summed E-state index contributed by atoms with van der Waals surface area (Å²) in [5, 5.41) is 0. The highest BCUT2D eigenvalue weighted by molar-refractivity contribution is 5.24. The first-order valence-electron chi connectivity index (χ1n) is 5.28. The van der Waals surface area contributed by atoms with Crippen LogP contribution in [0.4, 0.5) is 13.2 Å². The lowest BCUT2D eigenvalue weighted by Crippen LogP contribution is -2.10. The van der Waals surface area contributed by atoms with E-state index in [1.54, 1.807) is 19.1 Å². The number of rotatable bonds is 5. The largest absolute Gasteiger partial charge is 0.478 e. The molecule has 0 amide bonds. The number of nitrogens with two attached hydrogens (primary N) is 1. The van der Waals surface area contributed by atoms with Gasteiger partial charge < -0.3 is 10.5 Å². The van der Waals surface area contributed by atoms with Gasteiger partial charge in [0.15, 0.2) is 0 Å². The molecule has 0 bridgehead atoms. The maximum Gasteiger partial charge on any atom is 0.389 e. The normalized spacial score (nSPS) is 11.6. The molecule has 0 aromatic carbocycles. The summed E-state index contributed by atoms with van der Waals surface area (Å²) in [5.41, 5.74) is 7.10. The fraction of sp³-hybridized carbons (Fsp3) is 0.545. The summed E-state index contributed by atoms with van der Waals surface area (Å²) in [6.45, 7) is 2.17. The molecule has 0 aliphatic carbocycles. The van der Waals surface area contributed by atoms with Gasteiger partial charge in [-0.25, -0.2) is 4.98 Å². The Kier molecular flexibility index (Phi) is 4.74. The lowest BCUT2D eigenvalue weighted by molar-refractivity contribution is -0.136. The molecule has 0 unspecified atom stereocenters. The predicted octanol–water partition coefficient (Wildman–Crippen LogP) is 2.57. The molecule has 17 heavy (non-hydrogen) atoms. The molecule has 3 nitrogen and oxygen atoms in total. The van der Waals surface area contributed by atoms with Gasteiger partial charge in [-0.15, -0.1) is 0 Å². The molecular weight excluding hydrogens is 233 g/mol. The van der Waals surface area contributed by atoms with E-state index >= 15 is 0 Å². The van der Waals surface area contributed by atoms with Crippen LogP contribution in [-0.2, 0) is 6.54 Å². The molecule has 1 aromatic heterocycles. The third-order valence-electron chi connectivity index (χ3n) is 2.24. The summed E-state index contributed by atoms with van der Waals surface area (Å²) in [7, 11) is 0. The van der Waals surface area contributed by atoms with Crippen molar-refractivity contribution in [2.24, 2.45) is 5.73 Å². The van der Waals surface area contributed by atoms with Crippen LogP contribution in [-0.4, -0.2) is 17.8 Å². The zero-order chi connectivity index (χ0) is 12.9. The van der Waals surface area contributed by atoms with Crippen molar-refractivity contribution in [3.05, 3.63) is 23.4 Å². The highest BCUT2D eigenvalue weighted by Crippen LogP contribution is 2.21. The molecule has 0 saturated carbocycles. The Labute approximate surface area is 97.8 Å². The van der Waals surface area contributed by atoms with Crippen LogP contribution >= 0.6 is 0 Å². The number of hydrogen-bond acceptors (Lipinski definition) is 3. The van der Waals surface area contributed by atoms with Crippen LogP contribution in [0.1, 0.15) is 24.1 Å². The van der Waals surface area contributed by atoms with Crippen molar-refractivity contribution in [2.75, 3.05) is 6.61 Å². The molecular formula is C11H15F3N2O. The summed E-state index contributed by atoms with van der Waals surface area (Å²) < 4.78 is 40.7. The number of hydrogen-bond donors (Lipinski definition) is 1. The molecule has 0 saturated heterocycles. The summed E-state index contributed by atoms with van der Waals surface area (Å²) in [6.07, 6.45) is -5.04. The average Bonchev–Trinajstić information content (AvgIpc) is 2.23. The summed E-state index contributed by atoms with van der Waals surface area (Å²) in [4.78, 5) is 4.09. The topological polar surface area (TPSA) is 48.1 Å². The van der Waals surface area contributed by atoms with Gasteiger partial charge in [0.1, 0.15) is 0 Å². The van der Waals surface area contributed by atoms with Crippen molar-refractivity contribution in [3.63, 3.8) is 0 Å². The van der Waals surface area contributed by atoms with Gasteiger partial charge in [0, 0.05) is 24.7 Å². The van der Waals surface area contributed by atoms with E-state index in [1.807, 2.05) is 0 Å². The minimum Gasteiger partial charge on any atom is -0.478 e. The molecule has 1 aromatic rings. The van der Waals surface area contributed by atoms with E-state index in [-0.39, 0.29) is 13.0 Å². The van der Waals surface area contributed by atoms with Crippen LogP contribution < -0.4 is 10.5 Å². The van der Waals surface area contributed by atoms with Gasteiger partial charge in [0.25, 0.3) is 0 Å². The lowest BCUT2D eigenvalue weighted by Gasteiger charge is -2.09. The van der Waals surface area contributed by atoms with Gasteiger partial charge in [-0.3, -0.25) is 0 Å². The van der Waals surface area contributed by atoms with Crippen LogP contribution in [0.3, 0.4) is 0 Å². The minimum atomic E-state index is -4.13. The number of aromatic nitrogens is 1. The van der Waals surface area contributed by atoms with Crippen LogP contribution in [0.25, 0.3) is 0 Å². The number of nitrogens with zero attached hydrogens (tertiary/aromatic N) is 1. The first kappa shape index (κ1) is 13.8. The second-order valence-corrected chi connectivity index (χ2v) is 3.67. The van der Waals surface area contributed by atoms with Crippen molar-refractivity contribution in [2.45, 2.75) is 32.5 Å². The molecule has 1 rings (SSSR count). The maximum absolute atomic E-state index is 11.9. The SMILES string of the molecule is Cc1nc(OCCCC(F)(F)F)ccc1CN. The fourth-order valence-electron chi connectivity index (χ4n) is 1.31. The van der Waals surface area contributed by atoms with Crippen molar-refractivity contribution in [1.29, 1.82) is 0 Å². The predicted molar refractivity (Wildman–Crippen MR) is 57.6 cm³/mol. The lowest BCUT2D eigenvalue weighted by atomic mass is 10.2. The molecule has 0 fully saturated rings. The van der Waals surface area contributed by atoms with E-state index in [0.29, 0.717) is 12.4 Å². The molecule has 1 heterocycles. The second-order valence-electron chi connectivity index (χ2n) is 3.67. The average molecular weight is 248 g/mol. The zero-order valence-electron chi connectivity index (χ0n) is 9.55. The Balaban J connectivity index is 2.40. The van der Waals surface area contributed by atoms with E-state index in [0.717, 1.165) is 11.3 Å². The van der Waals surface area contributed by atoms with Crippen LogP contribution in [0.5, 0.6) is 5.88 Å². The second kappa shape index (κ2) is 5.86. The van der Waals surface area contributed by atoms with Crippen molar-refractivity contribution in [3.8, 4) is 5.88 Å². The maximum atomic E-state index is 11.9. The van der Waals surface area contributed by atoms with Crippen molar-refractivity contribution >= 4 is 0 Å². The highest BCUT2D eigenvalue weighted by atomic mass is 19.4. The molecule has 0 spiro atoms. The third-order valence-corrected chi connectivity index (χ3v) is 2.24. The van der Waals surface area contributed by atoms with E-state index in [2.05, 4.69) is 4.98 Å². The minimum absolute atomic E-state index is 0.00786. The Bertz CT molecular complexity index is 366. The summed E-state index contributed by atoms with van der Waals surface area (Å²) in [5.74, 6) is 0.335. The number of halogens is 3. The Morgan fingerprint density at radius 2 is 2.06 bits per heavy atom. The fourth-order valence-corrected chi connectivity index (χ4v) is 1.31. The molecule has 6 heteroatoms. The van der Waals surface area contributed by atoms with Crippen LogP contribution in [0.2, 0.25) is 0 Å². The molecule has 2 N–H and O–H groups in total. The van der Waals surface area contributed by atoms with Gasteiger partial charge >= 0.3 is 6.18 Å². The molecule has 0 atom stereocenters. The van der Waals surface area contributed by atoms with Crippen molar-refractivity contribution < 1.29 is 17.9 Å². The molecule has 0 aliphatic heterocycles. The number of aryl methyl sites for hydroxylation is 1. The van der Waals surface area contributed by atoms with Gasteiger partial charge in [-0.05, 0) is 18.9 Å². The van der Waals surface area contributed by atoms with E-state index in [9.17, 15) is 13.2 Å². The number of pyridine rings is 1. The summed E-state index contributed by atoms with van der Waals surface area (Å²) in [6, 6.07) is 3.38. The molecule has 96 valence electrons. The van der Waals surface area contributed by atoms with Gasteiger partial charge in [-0.2, -0.15) is 13.2 Å². The smallest absolute Gasteiger partial charge is 0.389 e. The molecule has 0 aliphatic rings. The first-order chi connectivity index (χ1) is 7.92. The standard InChI is InChI=1S/C11H15F3N2O/c1-8-9(7-15)3-4-10(16-8)17-6-2-5-11(12,13)14/h3-4H,2,5-7,15H2,1H3. The molecule has 0 radical (unpaired) electrons. The summed E-state index contributed by atoms with van der Waals surface area (Å²) >= 11 is 0. The highest BCUT2D eigenvalue weighted by Gasteiger charge is 2.26. The van der Waals surface area contributed by atoms with E-state index in [1.165, 1.54) is 0 Å². The van der Waals surface area contributed by atoms with E-state index in [4.69, 9.17) is 10.5 Å². The van der Waals surface area contributed by atoms with Gasteiger partial charge in [-0.1, -0.05) is 6.07 Å². The number of alkyl halides is 3. The quantitative estimate of drug-likeness (QED) is 0.815. The van der Waals surface area contributed by atoms with E-state index < -0.39 is 12.6 Å².